The molecule has 0 heterocycles. The third-order valence-corrected chi connectivity index (χ3v) is 3.32. The number of rotatable bonds is 5. The van der Waals surface area contributed by atoms with Gasteiger partial charge in [-0.2, -0.15) is 4.72 Å². The van der Waals surface area contributed by atoms with Crippen molar-refractivity contribution in [2.24, 2.45) is 0 Å². The first kappa shape index (κ1) is 12.6. The summed E-state index contributed by atoms with van der Waals surface area (Å²) in [7, 11) is -3.91. The van der Waals surface area contributed by atoms with E-state index in [0.29, 0.717) is 0 Å². The zero-order valence-electron chi connectivity index (χ0n) is 8.20. The third kappa shape index (κ3) is 3.02. The fourth-order valence-electron chi connectivity index (χ4n) is 1.02. The van der Waals surface area contributed by atoms with Crippen LogP contribution < -0.4 is 4.72 Å². The summed E-state index contributed by atoms with van der Waals surface area (Å²) in [5, 5.41) is 17.3. The third-order valence-electron chi connectivity index (χ3n) is 1.83. The first-order valence-electron chi connectivity index (χ1n) is 4.38. The van der Waals surface area contributed by atoms with Crippen LogP contribution in [0.4, 0.5) is 0 Å². The molecule has 16 heavy (non-hydrogen) atoms. The molecule has 0 aliphatic heterocycles. The number of aliphatic hydroxyl groups is 1. The van der Waals surface area contributed by atoms with Crippen LogP contribution in [-0.2, 0) is 14.8 Å². The van der Waals surface area contributed by atoms with Crippen molar-refractivity contribution in [1.82, 2.24) is 4.72 Å². The van der Waals surface area contributed by atoms with E-state index >= 15 is 0 Å². The summed E-state index contributed by atoms with van der Waals surface area (Å²) in [6.07, 6.45) is 0. The van der Waals surface area contributed by atoms with E-state index in [9.17, 15) is 13.2 Å². The second-order valence-electron chi connectivity index (χ2n) is 3.01. The highest BCUT2D eigenvalue weighted by molar-refractivity contribution is 7.89. The highest BCUT2D eigenvalue weighted by Gasteiger charge is 2.24. The molecule has 0 radical (unpaired) electrons. The minimum Gasteiger partial charge on any atom is -0.480 e. The number of sulfonamides is 1. The van der Waals surface area contributed by atoms with Gasteiger partial charge in [0.2, 0.25) is 10.0 Å². The van der Waals surface area contributed by atoms with Crippen molar-refractivity contribution < 1.29 is 23.4 Å². The quantitative estimate of drug-likeness (QED) is 0.643. The van der Waals surface area contributed by atoms with Crippen LogP contribution >= 0.6 is 0 Å². The monoisotopic (exact) mass is 245 g/mol. The zero-order chi connectivity index (χ0) is 12.2. The molecule has 0 spiro atoms. The normalized spacial score (nSPS) is 13.3. The maximum absolute atomic E-state index is 11.6. The molecule has 1 rings (SSSR count). The van der Waals surface area contributed by atoms with Crippen LogP contribution in [0, 0.1) is 0 Å². The molecular formula is C9H11NO5S. The molecule has 1 aromatic rings. The van der Waals surface area contributed by atoms with Crippen molar-refractivity contribution in [3.8, 4) is 0 Å². The maximum atomic E-state index is 11.6. The number of aliphatic carboxylic acids is 1. The number of hydrogen-bond donors (Lipinski definition) is 3. The fourth-order valence-corrected chi connectivity index (χ4v) is 2.22. The molecule has 0 aliphatic rings. The summed E-state index contributed by atoms with van der Waals surface area (Å²) in [5.74, 6) is -1.43. The molecule has 0 bridgehead atoms. The van der Waals surface area contributed by atoms with Gasteiger partial charge in [0.1, 0.15) is 6.04 Å². The van der Waals surface area contributed by atoms with E-state index in [2.05, 4.69) is 0 Å². The molecule has 0 saturated carbocycles. The Morgan fingerprint density at radius 3 is 2.31 bits per heavy atom. The summed E-state index contributed by atoms with van der Waals surface area (Å²) >= 11 is 0. The Kier molecular flexibility index (Phi) is 3.99. The number of benzene rings is 1. The van der Waals surface area contributed by atoms with Crippen molar-refractivity contribution in [2.75, 3.05) is 6.61 Å². The highest BCUT2D eigenvalue weighted by Crippen LogP contribution is 2.07. The summed E-state index contributed by atoms with van der Waals surface area (Å²) in [6, 6.07) is 5.80. The Balaban J connectivity index is 2.92. The van der Waals surface area contributed by atoms with Gasteiger partial charge in [-0.1, -0.05) is 18.2 Å². The second kappa shape index (κ2) is 5.06. The van der Waals surface area contributed by atoms with Crippen molar-refractivity contribution >= 4 is 16.0 Å². The largest absolute Gasteiger partial charge is 0.480 e. The number of carboxylic acid groups (broad SMARTS) is 1. The van der Waals surface area contributed by atoms with Crippen molar-refractivity contribution in [3.63, 3.8) is 0 Å². The Bertz CT molecular complexity index is 456. The summed E-state index contributed by atoms with van der Waals surface area (Å²) in [5.41, 5.74) is 0. The van der Waals surface area contributed by atoms with Crippen LogP contribution in [0.3, 0.4) is 0 Å². The van der Waals surface area contributed by atoms with Gasteiger partial charge in [0, 0.05) is 0 Å². The topological polar surface area (TPSA) is 104 Å². The van der Waals surface area contributed by atoms with Gasteiger partial charge < -0.3 is 10.2 Å². The van der Waals surface area contributed by atoms with E-state index in [1.807, 2.05) is 4.72 Å². The summed E-state index contributed by atoms with van der Waals surface area (Å²) in [4.78, 5) is 10.5. The molecule has 1 aromatic carbocycles. The van der Waals surface area contributed by atoms with Crippen LogP contribution in [0.15, 0.2) is 35.2 Å². The number of nitrogens with one attached hydrogen (secondary N) is 1. The van der Waals surface area contributed by atoms with Gasteiger partial charge in [0.15, 0.2) is 0 Å². The number of carboxylic acids is 1. The Hall–Kier alpha value is -1.44. The van der Waals surface area contributed by atoms with Gasteiger partial charge in [-0.25, -0.2) is 8.42 Å². The van der Waals surface area contributed by atoms with Gasteiger partial charge in [-0.15, -0.1) is 0 Å². The molecule has 88 valence electrons. The second-order valence-corrected chi connectivity index (χ2v) is 4.72. The lowest BCUT2D eigenvalue weighted by Gasteiger charge is -2.11. The first-order chi connectivity index (χ1) is 7.47. The molecule has 3 N–H and O–H groups in total. The minimum atomic E-state index is -3.91. The van der Waals surface area contributed by atoms with E-state index in [0.717, 1.165) is 0 Å². The van der Waals surface area contributed by atoms with Crippen molar-refractivity contribution in [1.29, 1.82) is 0 Å². The van der Waals surface area contributed by atoms with Crippen LogP contribution in [-0.4, -0.2) is 37.2 Å². The maximum Gasteiger partial charge on any atom is 0.324 e. The Morgan fingerprint density at radius 1 is 1.31 bits per heavy atom. The number of carbonyl (C=O) groups is 1. The first-order valence-corrected chi connectivity index (χ1v) is 5.86. The van der Waals surface area contributed by atoms with Crippen LogP contribution in [0.5, 0.6) is 0 Å². The van der Waals surface area contributed by atoms with Crippen molar-refractivity contribution in [3.05, 3.63) is 30.3 Å². The van der Waals surface area contributed by atoms with Crippen LogP contribution in [0.1, 0.15) is 0 Å². The summed E-state index contributed by atoms with van der Waals surface area (Å²) in [6.45, 7) is -0.804. The van der Waals surface area contributed by atoms with Crippen molar-refractivity contribution in [2.45, 2.75) is 10.9 Å². The fraction of sp³-hybridized carbons (Fsp3) is 0.222. The standard InChI is InChI=1S/C9H11NO5S/c11-6-8(9(12)13)10-16(14,15)7-4-2-1-3-5-7/h1-5,8,10-11H,6H2,(H,12,13)/t8-/m0/s1. The van der Waals surface area contributed by atoms with E-state index in [4.69, 9.17) is 10.2 Å². The van der Waals surface area contributed by atoms with E-state index in [-0.39, 0.29) is 4.90 Å². The zero-order valence-corrected chi connectivity index (χ0v) is 9.02. The molecular weight excluding hydrogens is 234 g/mol. The predicted molar refractivity (Wildman–Crippen MR) is 55.3 cm³/mol. The van der Waals surface area contributed by atoms with E-state index < -0.39 is 28.6 Å². The van der Waals surface area contributed by atoms with Gasteiger partial charge in [0.25, 0.3) is 0 Å². The molecule has 0 aliphatic carbocycles. The average Bonchev–Trinajstić information content (AvgIpc) is 2.27. The Morgan fingerprint density at radius 2 is 1.88 bits per heavy atom. The number of hydrogen-bond acceptors (Lipinski definition) is 4. The number of aliphatic hydroxyl groups excluding tert-OH is 1. The highest BCUT2D eigenvalue weighted by atomic mass is 32.2. The molecule has 0 aromatic heterocycles. The lowest BCUT2D eigenvalue weighted by Crippen LogP contribution is -2.43. The molecule has 0 fully saturated rings. The van der Waals surface area contributed by atoms with Gasteiger partial charge >= 0.3 is 5.97 Å². The molecule has 0 amide bonds. The molecule has 6 nitrogen and oxygen atoms in total. The van der Waals surface area contributed by atoms with Crippen LogP contribution in [0.2, 0.25) is 0 Å². The molecule has 0 unspecified atom stereocenters. The summed E-state index contributed by atoms with van der Waals surface area (Å²) < 4.78 is 25.1. The van der Waals surface area contributed by atoms with Gasteiger partial charge in [-0.05, 0) is 12.1 Å². The van der Waals surface area contributed by atoms with E-state index in [1.165, 1.54) is 24.3 Å². The minimum absolute atomic E-state index is 0.0466. The average molecular weight is 245 g/mol. The smallest absolute Gasteiger partial charge is 0.324 e. The molecule has 7 heteroatoms. The lowest BCUT2D eigenvalue weighted by molar-refractivity contribution is -0.139. The van der Waals surface area contributed by atoms with Crippen LogP contribution in [0.25, 0.3) is 0 Å². The molecule has 0 saturated heterocycles. The SMILES string of the molecule is O=C(O)[C@H](CO)NS(=O)(=O)c1ccccc1. The predicted octanol–water partition coefficient (Wildman–Crippen LogP) is -0.590. The lowest BCUT2D eigenvalue weighted by atomic mass is 10.3. The van der Waals surface area contributed by atoms with Gasteiger partial charge in [-0.3, -0.25) is 4.79 Å². The van der Waals surface area contributed by atoms with E-state index in [1.54, 1.807) is 6.07 Å². The Labute approximate surface area is 92.6 Å². The molecule has 1 atom stereocenters. The van der Waals surface area contributed by atoms with Gasteiger partial charge in [0.05, 0.1) is 11.5 Å².